The molecule has 0 aromatic carbocycles. The summed E-state index contributed by atoms with van der Waals surface area (Å²) < 4.78 is 37.7. The molecule has 1 N–H and O–H groups in total. The van der Waals surface area contributed by atoms with Crippen LogP contribution in [0.2, 0.25) is 0 Å². The van der Waals surface area contributed by atoms with E-state index in [0.29, 0.717) is 17.9 Å². The zero-order valence-electron chi connectivity index (χ0n) is 6.51. The second-order valence-corrected chi connectivity index (χ2v) is 3.55. The van der Waals surface area contributed by atoms with Crippen molar-refractivity contribution in [2.24, 2.45) is 0 Å². The summed E-state index contributed by atoms with van der Waals surface area (Å²) in [5.41, 5.74) is 0. The minimum Gasteiger partial charge on any atom is -0.286 e. The number of hydrogen-bond donors (Lipinski definition) is 1. The summed E-state index contributed by atoms with van der Waals surface area (Å²) in [5, 5.41) is 0.625. The molecule has 6 heteroatoms. The van der Waals surface area contributed by atoms with E-state index >= 15 is 0 Å². The maximum Gasteiger partial charge on any atom is 0.261 e. The highest BCUT2D eigenvalue weighted by Gasteiger charge is 1.91. The lowest BCUT2D eigenvalue weighted by Gasteiger charge is -2.05. The second kappa shape index (κ2) is 4.89. The topological polar surface area (TPSA) is 57.6 Å². The predicted octanol–water partition coefficient (Wildman–Crippen LogP) is 0.760. The normalized spacial score (nSPS) is 15.4. The Bertz CT molecular complexity index is 263. The Kier molecular flexibility index (Phi) is 4.53. The summed E-state index contributed by atoms with van der Waals surface area (Å²) in [4.78, 5) is 0. The van der Waals surface area contributed by atoms with Crippen LogP contribution < -0.4 is 0 Å². The van der Waals surface area contributed by atoms with Gasteiger partial charge in [-0.15, -0.1) is 4.48 Å². The molecule has 0 fully saturated rings. The molecule has 4 nitrogen and oxygen atoms in total. The predicted molar refractivity (Wildman–Crippen MR) is 43.6 cm³/mol. The van der Waals surface area contributed by atoms with Crippen molar-refractivity contribution in [3.63, 3.8) is 0 Å². The van der Waals surface area contributed by atoms with E-state index in [1.807, 2.05) is 6.08 Å². The lowest BCUT2D eigenvalue weighted by molar-refractivity contribution is 0.105. The Hall–Kier alpha value is -0.880. The van der Waals surface area contributed by atoms with E-state index in [9.17, 15) is 12.9 Å². The van der Waals surface area contributed by atoms with Gasteiger partial charge in [-0.2, -0.15) is 8.42 Å². The fraction of sp³-hybridized carbons (Fsp3) is 0.333. The van der Waals surface area contributed by atoms with Crippen molar-refractivity contribution in [2.75, 3.05) is 12.8 Å². The average molecular weight is 195 g/mol. The van der Waals surface area contributed by atoms with Gasteiger partial charge in [0.2, 0.25) is 0 Å². The molecule has 0 aromatic rings. The van der Waals surface area contributed by atoms with Gasteiger partial charge in [0.05, 0.1) is 12.8 Å². The van der Waals surface area contributed by atoms with Gasteiger partial charge in [0.25, 0.3) is 10.1 Å². The van der Waals surface area contributed by atoms with Crippen LogP contribution in [-0.4, -0.2) is 30.9 Å². The van der Waals surface area contributed by atoms with E-state index < -0.39 is 10.1 Å². The molecule has 1 rings (SSSR count). The first-order valence-corrected chi connectivity index (χ1v) is 4.92. The van der Waals surface area contributed by atoms with Crippen LogP contribution >= 0.6 is 0 Å². The maximum absolute atomic E-state index is 11.9. The van der Waals surface area contributed by atoms with Crippen LogP contribution in [0.15, 0.2) is 24.4 Å². The van der Waals surface area contributed by atoms with Crippen LogP contribution in [0, 0.1) is 0 Å². The van der Waals surface area contributed by atoms with Gasteiger partial charge in [-0.05, 0) is 6.08 Å². The van der Waals surface area contributed by atoms with Gasteiger partial charge in [0, 0.05) is 6.20 Å². The van der Waals surface area contributed by atoms with Crippen molar-refractivity contribution in [3.8, 4) is 0 Å². The molecule has 0 atom stereocenters. The van der Waals surface area contributed by atoms with Gasteiger partial charge < -0.3 is 0 Å². The molecule has 0 amide bonds. The fourth-order valence-corrected chi connectivity index (χ4v) is 0.444. The molecular formula is C6H10FNO3S. The molecule has 0 saturated heterocycles. The first-order chi connectivity index (χ1) is 5.39. The van der Waals surface area contributed by atoms with Crippen LogP contribution in [0.1, 0.15) is 0 Å². The number of allylic oxidation sites excluding steroid dienone is 2. The Morgan fingerprint density at radius 3 is 2.17 bits per heavy atom. The summed E-state index contributed by atoms with van der Waals surface area (Å²) in [5.74, 6) is 0. The first-order valence-electron chi connectivity index (χ1n) is 3.08. The van der Waals surface area contributed by atoms with Crippen molar-refractivity contribution >= 4 is 10.1 Å². The van der Waals surface area contributed by atoms with Crippen molar-refractivity contribution in [1.82, 2.24) is 5.12 Å². The van der Waals surface area contributed by atoms with Crippen molar-refractivity contribution < 1.29 is 17.5 Å². The minimum absolute atomic E-state index is 0.385. The van der Waals surface area contributed by atoms with E-state index in [4.69, 9.17) is 4.55 Å². The number of halogens is 1. The van der Waals surface area contributed by atoms with Crippen LogP contribution in [0.3, 0.4) is 0 Å². The molecule has 12 heavy (non-hydrogen) atoms. The van der Waals surface area contributed by atoms with E-state index in [2.05, 4.69) is 0 Å². The molecule has 0 bridgehead atoms. The highest BCUT2D eigenvalue weighted by atomic mass is 32.2. The van der Waals surface area contributed by atoms with Crippen LogP contribution in [0.5, 0.6) is 0 Å². The van der Waals surface area contributed by atoms with Crippen molar-refractivity contribution in [2.45, 2.75) is 0 Å². The molecule has 0 radical (unpaired) electrons. The zero-order valence-corrected chi connectivity index (χ0v) is 7.33. The monoisotopic (exact) mass is 195 g/mol. The molecule has 1 heterocycles. The maximum atomic E-state index is 11.9. The van der Waals surface area contributed by atoms with Crippen molar-refractivity contribution in [3.05, 3.63) is 24.4 Å². The number of nitrogens with zero attached hydrogens (tertiary/aromatic N) is 1. The van der Waals surface area contributed by atoms with E-state index in [1.165, 1.54) is 6.20 Å². The highest BCUT2D eigenvalue weighted by molar-refractivity contribution is 7.85. The molecule has 1 aliphatic heterocycles. The Balaban J connectivity index is 0.000000217. The molecule has 0 aliphatic carbocycles. The van der Waals surface area contributed by atoms with Crippen LogP contribution in [-0.2, 0) is 10.1 Å². The third-order valence-corrected chi connectivity index (χ3v) is 0.775. The summed E-state index contributed by atoms with van der Waals surface area (Å²) in [7, 11) is -3.67. The van der Waals surface area contributed by atoms with Gasteiger partial charge in [-0.1, -0.05) is 12.2 Å². The van der Waals surface area contributed by atoms with Gasteiger partial charge in [0.15, 0.2) is 0 Å². The van der Waals surface area contributed by atoms with Crippen LogP contribution in [0.25, 0.3) is 0 Å². The third kappa shape index (κ3) is 11.9. The minimum atomic E-state index is -3.67. The van der Waals surface area contributed by atoms with Crippen LogP contribution in [0.4, 0.5) is 4.48 Å². The van der Waals surface area contributed by atoms with Gasteiger partial charge >= 0.3 is 0 Å². The zero-order chi connectivity index (χ0) is 9.61. The molecule has 0 saturated carbocycles. The Morgan fingerprint density at radius 1 is 1.50 bits per heavy atom. The third-order valence-electron chi connectivity index (χ3n) is 0.775. The molecule has 0 spiro atoms. The molecule has 0 unspecified atom stereocenters. The largest absolute Gasteiger partial charge is 0.286 e. The van der Waals surface area contributed by atoms with Gasteiger partial charge in [0.1, 0.15) is 0 Å². The number of rotatable bonds is 0. The Labute approximate surface area is 70.7 Å². The molecular weight excluding hydrogens is 185 g/mol. The number of hydrogen-bond acceptors (Lipinski definition) is 3. The smallest absolute Gasteiger partial charge is 0.261 e. The first kappa shape index (κ1) is 11.1. The van der Waals surface area contributed by atoms with E-state index in [1.54, 1.807) is 12.2 Å². The molecule has 0 aromatic heterocycles. The second-order valence-electron chi connectivity index (χ2n) is 2.08. The average Bonchev–Trinajstić information content (AvgIpc) is 1.85. The molecule has 1 aliphatic rings. The quantitative estimate of drug-likeness (QED) is 0.458. The lowest BCUT2D eigenvalue weighted by atomic mass is 10.4. The summed E-state index contributed by atoms with van der Waals surface area (Å²) >= 11 is 0. The fourth-order valence-electron chi connectivity index (χ4n) is 0.444. The van der Waals surface area contributed by atoms with E-state index in [0.717, 1.165) is 0 Å². The van der Waals surface area contributed by atoms with Gasteiger partial charge in [-0.25, -0.2) is 5.12 Å². The van der Waals surface area contributed by atoms with E-state index in [-0.39, 0.29) is 0 Å². The Morgan fingerprint density at radius 2 is 2.00 bits per heavy atom. The summed E-state index contributed by atoms with van der Waals surface area (Å²) in [6.45, 7) is 0.385. The standard InChI is InChI=1S/C5H6FN.CH4O3S/c6-7-4-2-1-3-5-7;1-5(2,3)4/h1-4H,5H2;1H3,(H,2,3,4). The lowest BCUT2D eigenvalue weighted by Crippen LogP contribution is -2.05. The summed E-state index contributed by atoms with van der Waals surface area (Å²) in [6, 6.07) is 0. The molecule has 70 valence electrons. The summed E-state index contributed by atoms with van der Waals surface area (Å²) in [6.07, 6.45) is 7.33. The SMILES string of the molecule is CS(=O)(=O)O.FN1C=CC=CC1. The van der Waals surface area contributed by atoms with Crippen molar-refractivity contribution in [1.29, 1.82) is 0 Å². The van der Waals surface area contributed by atoms with Gasteiger partial charge in [-0.3, -0.25) is 4.55 Å². The highest BCUT2D eigenvalue weighted by Crippen LogP contribution is 1.96.